The SMILES string of the molecule is O=S(=O)(c1cnn(CCCl)c1)N1CCN(C2CC2)CC1. The highest BCUT2D eigenvalue weighted by atomic mass is 35.5. The van der Waals surface area contributed by atoms with E-state index < -0.39 is 10.0 Å². The lowest BCUT2D eigenvalue weighted by molar-refractivity contribution is 0.180. The molecule has 0 aromatic carbocycles. The van der Waals surface area contributed by atoms with Crippen molar-refractivity contribution < 1.29 is 8.42 Å². The number of halogens is 1. The van der Waals surface area contributed by atoms with Gasteiger partial charge in [-0.15, -0.1) is 11.6 Å². The van der Waals surface area contributed by atoms with Gasteiger partial charge in [0.2, 0.25) is 10.0 Å². The van der Waals surface area contributed by atoms with E-state index in [-0.39, 0.29) is 4.90 Å². The molecular weight excluding hydrogens is 300 g/mol. The van der Waals surface area contributed by atoms with Crippen molar-refractivity contribution in [3.63, 3.8) is 0 Å². The maximum atomic E-state index is 12.5. The van der Waals surface area contributed by atoms with Crippen molar-refractivity contribution in [3.8, 4) is 0 Å². The van der Waals surface area contributed by atoms with Gasteiger partial charge < -0.3 is 0 Å². The molecule has 0 N–H and O–H groups in total. The smallest absolute Gasteiger partial charge is 0.246 e. The molecule has 1 aromatic rings. The lowest BCUT2D eigenvalue weighted by Gasteiger charge is -2.33. The highest BCUT2D eigenvalue weighted by Crippen LogP contribution is 2.28. The van der Waals surface area contributed by atoms with Gasteiger partial charge in [-0.2, -0.15) is 9.40 Å². The summed E-state index contributed by atoms with van der Waals surface area (Å²) in [7, 11) is -3.41. The fourth-order valence-electron chi connectivity index (χ4n) is 2.58. The van der Waals surface area contributed by atoms with E-state index in [1.54, 1.807) is 15.2 Å². The summed E-state index contributed by atoms with van der Waals surface area (Å²) in [4.78, 5) is 2.66. The van der Waals surface area contributed by atoms with Gasteiger partial charge >= 0.3 is 0 Å². The minimum Gasteiger partial charge on any atom is -0.298 e. The number of alkyl halides is 1. The lowest BCUT2D eigenvalue weighted by Crippen LogP contribution is -2.49. The second kappa shape index (κ2) is 5.63. The fraction of sp³-hybridized carbons (Fsp3) is 0.750. The first kappa shape index (κ1) is 14.3. The van der Waals surface area contributed by atoms with Gasteiger partial charge in [0.15, 0.2) is 0 Å². The maximum absolute atomic E-state index is 12.5. The summed E-state index contributed by atoms with van der Waals surface area (Å²) in [6.07, 6.45) is 5.50. The van der Waals surface area contributed by atoms with Crippen LogP contribution in [-0.4, -0.2) is 65.5 Å². The lowest BCUT2D eigenvalue weighted by atomic mass is 10.3. The van der Waals surface area contributed by atoms with Gasteiger partial charge in [-0.3, -0.25) is 9.58 Å². The summed E-state index contributed by atoms with van der Waals surface area (Å²) in [5.74, 6) is 0.418. The molecule has 0 spiro atoms. The molecule has 1 aliphatic carbocycles. The summed E-state index contributed by atoms with van der Waals surface area (Å²) < 4.78 is 28.2. The Morgan fingerprint density at radius 2 is 1.95 bits per heavy atom. The zero-order valence-corrected chi connectivity index (χ0v) is 12.9. The van der Waals surface area contributed by atoms with Crippen LogP contribution in [0.3, 0.4) is 0 Å². The highest BCUT2D eigenvalue weighted by Gasteiger charge is 2.35. The number of hydrogen-bond donors (Lipinski definition) is 0. The molecule has 6 nitrogen and oxygen atoms in total. The van der Waals surface area contributed by atoms with Crippen LogP contribution in [0.1, 0.15) is 12.8 Å². The third-order valence-electron chi connectivity index (χ3n) is 3.90. The quantitative estimate of drug-likeness (QED) is 0.746. The van der Waals surface area contributed by atoms with Crippen LogP contribution >= 0.6 is 11.6 Å². The van der Waals surface area contributed by atoms with Crippen LogP contribution in [-0.2, 0) is 16.6 Å². The van der Waals surface area contributed by atoms with Gasteiger partial charge in [-0.25, -0.2) is 8.42 Å². The molecule has 1 aliphatic heterocycles. The second-order valence-corrected chi connectivity index (χ2v) is 7.62. The normalized spacial score (nSPS) is 22.2. The molecule has 1 saturated carbocycles. The number of aryl methyl sites for hydroxylation is 1. The van der Waals surface area contributed by atoms with Crippen molar-refractivity contribution >= 4 is 21.6 Å². The number of sulfonamides is 1. The molecule has 0 atom stereocenters. The van der Waals surface area contributed by atoms with Crippen LogP contribution in [0.5, 0.6) is 0 Å². The Morgan fingerprint density at radius 1 is 1.25 bits per heavy atom. The fourth-order valence-corrected chi connectivity index (χ4v) is 4.14. The third-order valence-corrected chi connectivity index (χ3v) is 5.92. The monoisotopic (exact) mass is 318 g/mol. The number of piperazine rings is 1. The predicted molar refractivity (Wildman–Crippen MR) is 76.3 cm³/mol. The van der Waals surface area contributed by atoms with Crippen LogP contribution in [0.4, 0.5) is 0 Å². The molecule has 1 aromatic heterocycles. The van der Waals surface area contributed by atoms with Crippen LogP contribution in [0.25, 0.3) is 0 Å². The van der Waals surface area contributed by atoms with E-state index in [0.717, 1.165) is 13.1 Å². The maximum Gasteiger partial charge on any atom is 0.246 e. The van der Waals surface area contributed by atoms with E-state index in [9.17, 15) is 8.42 Å². The Bertz CT molecular complexity index is 562. The molecule has 0 radical (unpaired) electrons. The van der Waals surface area contributed by atoms with Gasteiger partial charge in [-0.1, -0.05) is 0 Å². The zero-order chi connectivity index (χ0) is 14.2. The molecular formula is C12H19ClN4O2S. The van der Waals surface area contributed by atoms with Crippen molar-refractivity contribution in [2.45, 2.75) is 30.3 Å². The van der Waals surface area contributed by atoms with E-state index in [2.05, 4.69) is 10.00 Å². The molecule has 2 fully saturated rings. The van der Waals surface area contributed by atoms with Crippen LogP contribution in [0.15, 0.2) is 17.3 Å². The van der Waals surface area contributed by atoms with Crippen molar-refractivity contribution in [1.29, 1.82) is 0 Å². The Labute approximate surface area is 124 Å². The van der Waals surface area contributed by atoms with Gasteiger partial charge in [0.1, 0.15) is 4.90 Å². The molecule has 8 heteroatoms. The number of hydrogen-bond acceptors (Lipinski definition) is 4. The van der Waals surface area contributed by atoms with Crippen molar-refractivity contribution in [2.75, 3.05) is 32.1 Å². The number of aromatic nitrogens is 2. The largest absolute Gasteiger partial charge is 0.298 e. The molecule has 1 saturated heterocycles. The first-order valence-corrected chi connectivity index (χ1v) is 8.91. The Morgan fingerprint density at radius 3 is 2.55 bits per heavy atom. The van der Waals surface area contributed by atoms with Crippen molar-refractivity contribution in [3.05, 3.63) is 12.4 Å². The molecule has 0 unspecified atom stereocenters. The first-order valence-electron chi connectivity index (χ1n) is 6.94. The average molecular weight is 319 g/mol. The summed E-state index contributed by atoms with van der Waals surface area (Å²) in [6.45, 7) is 3.32. The Balaban J connectivity index is 1.67. The average Bonchev–Trinajstić information content (AvgIpc) is 3.19. The van der Waals surface area contributed by atoms with E-state index in [0.29, 0.717) is 31.6 Å². The molecule has 112 valence electrons. The van der Waals surface area contributed by atoms with Gasteiger partial charge in [-0.05, 0) is 12.8 Å². The summed E-state index contributed by atoms with van der Waals surface area (Å²) in [5.41, 5.74) is 0. The minimum atomic E-state index is -3.41. The third kappa shape index (κ3) is 2.86. The van der Waals surface area contributed by atoms with Crippen molar-refractivity contribution in [1.82, 2.24) is 19.0 Å². The molecule has 2 heterocycles. The summed E-state index contributed by atoms with van der Waals surface area (Å²) in [6, 6.07) is 0.700. The van der Waals surface area contributed by atoms with Crippen LogP contribution in [0, 0.1) is 0 Å². The minimum absolute atomic E-state index is 0.266. The number of rotatable bonds is 5. The van der Waals surface area contributed by atoms with Gasteiger partial charge in [0.25, 0.3) is 0 Å². The number of nitrogens with zero attached hydrogens (tertiary/aromatic N) is 4. The Hall–Kier alpha value is -0.630. The molecule has 20 heavy (non-hydrogen) atoms. The van der Waals surface area contributed by atoms with E-state index in [1.807, 2.05) is 0 Å². The van der Waals surface area contributed by atoms with E-state index >= 15 is 0 Å². The van der Waals surface area contributed by atoms with Crippen LogP contribution < -0.4 is 0 Å². The molecule has 3 rings (SSSR count). The van der Waals surface area contributed by atoms with Gasteiger partial charge in [0.05, 0.1) is 12.7 Å². The van der Waals surface area contributed by atoms with Crippen molar-refractivity contribution in [2.24, 2.45) is 0 Å². The van der Waals surface area contributed by atoms with E-state index in [4.69, 9.17) is 11.6 Å². The topological polar surface area (TPSA) is 58.4 Å². The summed E-state index contributed by atoms with van der Waals surface area (Å²) >= 11 is 5.63. The first-order chi connectivity index (χ1) is 9.61. The predicted octanol–water partition coefficient (Wildman–Crippen LogP) is 0.591. The van der Waals surface area contributed by atoms with Crippen LogP contribution in [0.2, 0.25) is 0 Å². The second-order valence-electron chi connectivity index (χ2n) is 5.30. The molecule has 0 amide bonds. The Kier molecular flexibility index (Phi) is 4.03. The van der Waals surface area contributed by atoms with Gasteiger partial charge in [0, 0.05) is 44.3 Å². The summed E-state index contributed by atoms with van der Waals surface area (Å²) in [5, 5.41) is 4.04. The zero-order valence-electron chi connectivity index (χ0n) is 11.3. The van der Waals surface area contributed by atoms with E-state index in [1.165, 1.54) is 19.0 Å². The molecule has 0 bridgehead atoms. The standard InChI is InChI=1S/C12H19ClN4O2S/c13-3-4-16-10-12(9-14-16)20(18,19)17-7-5-15(6-8-17)11-1-2-11/h9-11H,1-8H2. The highest BCUT2D eigenvalue weighted by molar-refractivity contribution is 7.89. The molecule has 2 aliphatic rings.